The highest BCUT2D eigenvalue weighted by molar-refractivity contribution is 6.40. The van der Waals surface area contributed by atoms with Gasteiger partial charge in [0.2, 0.25) is 11.8 Å². The van der Waals surface area contributed by atoms with Crippen LogP contribution in [0.25, 0.3) is 0 Å². The van der Waals surface area contributed by atoms with Gasteiger partial charge >= 0.3 is 0 Å². The third-order valence-corrected chi connectivity index (χ3v) is 7.68. The van der Waals surface area contributed by atoms with Gasteiger partial charge in [0.15, 0.2) is 0 Å². The fraction of sp³-hybridized carbons (Fsp3) is 0.481. The molecule has 0 unspecified atom stereocenters. The van der Waals surface area contributed by atoms with E-state index in [9.17, 15) is 14.0 Å². The van der Waals surface area contributed by atoms with Crippen LogP contribution in [-0.2, 0) is 16.0 Å². The zero-order chi connectivity index (χ0) is 25.8. The lowest BCUT2D eigenvalue weighted by Crippen LogP contribution is -2.45. The highest BCUT2D eigenvalue weighted by Gasteiger charge is 2.35. The fourth-order valence-electron chi connectivity index (χ4n) is 5.15. The van der Waals surface area contributed by atoms with Crippen molar-refractivity contribution >= 4 is 46.4 Å². The van der Waals surface area contributed by atoms with Gasteiger partial charge in [-0.05, 0) is 75.5 Å². The lowest BCUT2D eigenvalue weighted by atomic mass is 9.85. The zero-order valence-electron chi connectivity index (χ0n) is 20.7. The van der Waals surface area contributed by atoms with Crippen LogP contribution in [0.2, 0.25) is 10.0 Å². The van der Waals surface area contributed by atoms with Gasteiger partial charge in [-0.2, -0.15) is 0 Å². The second-order valence-corrected chi connectivity index (χ2v) is 10.8. The summed E-state index contributed by atoms with van der Waals surface area (Å²) in [5.41, 5.74) is 1.70. The van der Waals surface area contributed by atoms with Crippen molar-refractivity contribution in [3.8, 4) is 0 Å². The number of anilines is 2. The molecule has 4 rings (SSSR count). The van der Waals surface area contributed by atoms with Gasteiger partial charge in [0.1, 0.15) is 5.82 Å². The first kappa shape index (κ1) is 26.7. The Morgan fingerprint density at radius 3 is 2.47 bits per heavy atom. The third kappa shape index (κ3) is 6.50. The van der Waals surface area contributed by atoms with E-state index >= 15 is 0 Å². The number of hydrogen-bond donors (Lipinski definition) is 2. The molecule has 2 saturated heterocycles. The van der Waals surface area contributed by atoms with Gasteiger partial charge in [-0.1, -0.05) is 48.3 Å². The molecule has 6 nitrogen and oxygen atoms in total. The molecule has 2 fully saturated rings. The lowest BCUT2D eigenvalue weighted by molar-refractivity contribution is -0.124. The Balaban J connectivity index is 1.41. The molecule has 2 atom stereocenters. The van der Waals surface area contributed by atoms with Crippen LogP contribution in [0.5, 0.6) is 0 Å². The fourth-order valence-corrected chi connectivity index (χ4v) is 5.84. The number of rotatable bonds is 7. The number of carbonyl (C=O) groups is 2. The Kier molecular flexibility index (Phi) is 8.75. The monoisotopic (exact) mass is 534 g/mol. The SMILES string of the molecule is C[C@@H]1C[C@H](Cc2ccccc2F)CN(c2c(Cl)cc(NCC(=O)NC3CCN(C)CC3)cc2Cl)C1=O. The van der Waals surface area contributed by atoms with E-state index in [1.54, 1.807) is 29.2 Å². The summed E-state index contributed by atoms with van der Waals surface area (Å²) in [6.07, 6.45) is 3.08. The number of piperidine rings is 2. The molecule has 2 aromatic carbocycles. The van der Waals surface area contributed by atoms with Crippen LogP contribution in [0.15, 0.2) is 36.4 Å². The van der Waals surface area contributed by atoms with Crippen LogP contribution in [0, 0.1) is 17.7 Å². The summed E-state index contributed by atoms with van der Waals surface area (Å²) in [6.45, 7) is 4.33. The Labute approximate surface area is 222 Å². The van der Waals surface area contributed by atoms with Crippen LogP contribution in [0.4, 0.5) is 15.8 Å². The van der Waals surface area contributed by atoms with Gasteiger partial charge in [-0.3, -0.25) is 9.59 Å². The molecule has 0 spiro atoms. The Morgan fingerprint density at radius 2 is 1.81 bits per heavy atom. The lowest BCUT2D eigenvalue weighted by Gasteiger charge is -2.37. The van der Waals surface area contributed by atoms with E-state index in [2.05, 4.69) is 22.6 Å². The molecule has 2 aliphatic rings. The summed E-state index contributed by atoms with van der Waals surface area (Å²) in [5, 5.41) is 6.81. The Bertz CT molecular complexity index is 1080. The topological polar surface area (TPSA) is 64.7 Å². The van der Waals surface area contributed by atoms with Gasteiger partial charge in [0, 0.05) is 24.2 Å². The number of benzene rings is 2. The number of nitrogens with zero attached hydrogens (tertiary/aromatic N) is 2. The number of halogens is 3. The normalized spacial score (nSPS) is 21.5. The molecule has 9 heteroatoms. The van der Waals surface area contributed by atoms with Gasteiger partial charge in [0.25, 0.3) is 0 Å². The minimum atomic E-state index is -0.236. The van der Waals surface area contributed by atoms with E-state index in [1.807, 2.05) is 13.0 Å². The minimum Gasteiger partial charge on any atom is -0.376 e. The Hall–Kier alpha value is -2.35. The van der Waals surface area contributed by atoms with Crippen molar-refractivity contribution in [2.24, 2.45) is 11.8 Å². The molecule has 0 radical (unpaired) electrons. The molecule has 36 heavy (non-hydrogen) atoms. The highest BCUT2D eigenvalue weighted by atomic mass is 35.5. The number of hydrogen-bond acceptors (Lipinski definition) is 4. The molecule has 194 valence electrons. The van der Waals surface area contributed by atoms with Crippen LogP contribution < -0.4 is 15.5 Å². The van der Waals surface area contributed by atoms with E-state index in [0.29, 0.717) is 46.4 Å². The van der Waals surface area contributed by atoms with Crippen LogP contribution in [0.3, 0.4) is 0 Å². The first-order valence-electron chi connectivity index (χ1n) is 12.5. The number of carbonyl (C=O) groups excluding carboxylic acids is 2. The van der Waals surface area contributed by atoms with Crippen molar-refractivity contribution in [3.05, 3.63) is 57.8 Å². The zero-order valence-corrected chi connectivity index (χ0v) is 22.2. The largest absolute Gasteiger partial charge is 0.376 e. The number of likely N-dealkylation sites (tertiary alicyclic amines) is 1. The smallest absolute Gasteiger partial charge is 0.239 e. The molecule has 2 N–H and O–H groups in total. The summed E-state index contributed by atoms with van der Waals surface area (Å²) < 4.78 is 14.2. The maximum Gasteiger partial charge on any atom is 0.239 e. The molecular formula is C27H33Cl2FN4O2. The average Bonchev–Trinajstić information content (AvgIpc) is 2.83. The van der Waals surface area contributed by atoms with Crippen molar-refractivity contribution < 1.29 is 14.0 Å². The maximum absolute atomic E-state index is 14.2. The quantitative estimate of drug-likeness (QED) is 0.525. The van der Waals surface area contributed by atoms with E-state index in [4.69, 9.17) is 23.2 Å². The van der Waals surface area contributed by atoms with Gasteiger partial charge in [-0.15, -0.1) is 0 Å². The number of nitrogens with one attached hydrogen (secondary N) is 2. The van der Waals surface area contributed by atoms with Crippen LogP contribution >= 0.6 is 23.2 Å². The highest BCUT2D eigenvalue weighted by Crippen LogP contribution is 2.40. The van der Waals surface area contributed by atoms with Gasteiger partial charge < -0.3 is 20.4 Å². The predicted molar refractivity (Wildman–Crippen MR) is 143 cm³/mol. The van der Waals surface area contributed by atoms with Crippen molar-refractivity contribution in [2.45, 2.75) is 38.6 Å². The molecule has 0 bridgehead atoms. The molecule has 0 saturated carbocycles. The standard InChI is InChI=1S/C27H33Cl2FN4O2/c1-17-11-18(12-19-5-3-4-6-24(19)30)16-34(27(17)36)26-22(28)13-21(14-23(26)29)31-15-25(35)32-20-7-9-33(2)10-8-20/h3-6,13-14,17-18,20,31H,7-12,15-16H2,1-2H3,(H,32,35)/t17-,18-/m1/s1. The summed E-state index contributed by atoms with van der Waals surface area (Å²) >= 11 is 13.2. The molecular weight excluding hydrogens is 502 g/mol. The summed E-state index contributed by atoms with van der Waals surface area (Å²) in [4.78, 5) is 29.4. The van der Waals surface area contributed by atoms with Crippen molar-refractivity contribution in [1.29, 1.82) is 0 Å². The number of amides is 2. The van der Waals surface area contributed by atoms with E-state index in [0.717, 1.165) is 25.9 Å². The molecule has 2 amide bonds. The first-order valence-corrected chi connectivity index (χ1v) is 13.2. The molecule has 0 aromatic heterocycles. The minimum absolute atomic E-state index is 0.0539. The van der Waals surface area contributed by atoms with E-state index < -0.39 is 0 Å². The second-order valence-electron chi connectivity index (χ2n) is 10.0. The first-order chi connectivity index (χ1) is 17.2. The maximum atomic E-state index is 14.2. The summed E-state index contributed by atoms with van der Waals surface area (Å²) in [7, 11) is 2.08. The van der Waals surface area contributed by atoms with Crippen molar-refractivity contribution in [1.82, 2.24) is 10.2 Å². The van der Waals surface area contributed by atoms with Crippen LogP contribution in [-0.4, -0.2) is 56.0 Å². The van der Waals surface area contributed by atoms with Crippen molar-refractivity contribution in [2.75, 3.05) is 43.4 Å². The molecule has 0 aliphatic carbocycles. The van der Waals surface area contributed by atoms with Gasteiger partial charge in [0.05, 0.1) is 22.3 Å². The van der Waals surface area contributed by atoms with E-state index in [-0.39, 0.29) is 42.1 Å². The van der Waals surface area contributed by atoms with Gasteiger partial charge in [-0.25, -0.2) is 4.39 Å². The third-order valence-electron chi connectivity index (χ3n) is 7.11. The predicted octanol–water partition coefficient (Wildman–Crippen LogP) is 4.99. The average molecular weight is 535 g/mol. The Morgan fingerprint density at radius 1 is 1.14 bits per heavy atom. The van der Waals surface area contributed by atoms with E-state index in [1.165, 1.54) is 6.07 Å². The summed E-state index contributed by atoms with van der Waals surface area (Å²) in [5.74, 6) is -0.537. The van der Waals surface area contributed by atoms with Crippen LogP contribution in [0.1, 0.15) is 31.7 Å². The summed E-state index contributed by atoms with van der Waals surface area (Å²) in [6, 6.07) is 10.3. The second kappa shape index (κ2) is 11.8. The molecule has 2 aromatic rings. The molecule has 2 aliphatic heterocycles. The van der Waals surface area contributed by atoms with Crippen molar-refractivity contribution in [3.63, 3.8) is 0 Å². The molecule has 2 heterocycles.